The first-order valence-corrected chi connectivity index (χ1v) is 7.89. The number of nitrogens with one attached hydrogen (secondary N) is 2. The number of piperidine rings is 1. The second kappa shape index (κ2) is 7.22. The molecule has 0 unspecified atom stereocenters. The van der Waals surface area contributed by atoms with Gasteiger partial charge in [-0.3, -0.25) is 0 Å². The first kappa shape index (κ1) is 14.8. The smallest absolute Gasteiger partial charge is 0.148 e. The molecule has 0 radical (unpaired) electrons. The highest BCUT2D eigenvalue weighted by Gasteiger charge is 2.13. The van der Waals surface area contributed by atoms with E-state index < -0.39 is 0 Å². The molecular formula is C17H22N4O. The molecule has 1 fully saturated rings. The van der Waals surface area contributed by atoms with Crippen LogP contribution in [0.2, 0.25) is 0 Å². The number of benzene rings is 1. The third-order valence-electron chi connectivity index (χ3n) is 3.82. The standard InChI is InChI=1S/C17H22N4O/c1-2-22-15-5-3-13(4-6-15)16-7-8-17(21-20-16)19-14-9-11-18-12-10-14/h3-8,14,18H,2,9-12H2,1H3,(H,19,21). The second-order valence-electron chi connectivity index (χ2n) is 5.43. The van der Waals surface area contributed by atoms with Crippen LogP contribution in [0.4, 0.5) is 5.82 Å². The maximum absolute atomic E-state index is 5.45. The van der Waals surface area contributed by atoms with E-state index in [1.54, 1.807) is 0 Å². The van der Waals surface area contributed by atoms with Gasteiger partial charge in [-0.25, -0.2) is 0 Å². The zero-order valence-corrected chi connectivity index (χ0v) is 12.9. The molecule has 2 heterocycles. The molecule has 1 aliphatic heterocycles. The molecule has 1 aromatic heterocycles. The molecule has 0 bridgehead atoms. The molecular weight excluding hydrogens is 276 g/mol. The number of hydrogen-bond donors (Lipinski definition) is 2. The predicted octanol–water partition coefficient (Wildman–Crippen LogP) is 2.71. The van der Waals surface area contributed by atoms with E-state index in [9.17, 15) is 0 Å². The number of rotatable bonds is 5. The van der Waals surface area contributed by atoms with Crippen molar-refractivity contribution >= 4 is 5.82 Å². The van der Waals surface area contributed by atoms with Gasteiger partial charge in [-0.1, -0.05) is 0 Å². The van der Waals surface area contributed by atoms with E-state index in [1.807, 2.05) is 43.3 Å². The summed E-state index contributed by atoms with van der Waals surface area (Å²) in [6, 6.07) is 12.4. The van der Waals surface area contributed by atoms with Gasteiger partial charge in [-0.2, -0.15) is 0 Å². The Morgan fingerprint density at radius 3 is 2.50 bits per heavy atom. The molecule has 0 aliphatic carbocycles. The van der Waals surface area contributed by atoms with E-state index in [0.29, 0.717) is 12.6 Å². The predicted molar refractivity (Wildman–Crippen MR) is 88.2 cm³/mol. The monoisotopic (exact) mass is 298 g/mol. The Bertz CT molecular complexity index is 577. The number of anilines is 1. The van der Waals surface area contributed by atoms with Gasteiger partial charge in [-0.05, 0) is 69.3 Å². The van der Waals surface area contributed by atoms with Crippen LogP contribution in [0.3, 0.4) is 0 Å². The molecule has 5 nitrogen and oxygen atoms in total. The van der Waals surface area contributed by atoms with Crippen molar-refractivity contribution in [3.63, 3.8) is 0 Å². The Morgan fingerprint density at radius 2 is 1.86 bits per heavy atom. The average molecular weight is 298 g/mol. The molecule has 0 amide bonds. The molecule has 0 atom stereocenters. The van der Waals surface area contributed by atoms with Gasteiger partial charge in [-0.15, -0.1) is 10.2 Å². The molecule has 2 aromatic rings. The minimum absolute atomic E-state index is 0.492. The van der Waals surface area contributed by atoms with Gasteiger partial charge in [0.15, 0.2) is 0 Å². The van der Waals surface area contributed by atoms with Gasteiger partial charge in [0.2, 0.25) is 0 Å². The topological polar surface area (TPSA) is 59.1 Å². The summed E-state index contributed by atoms with van der Waals surface area (Å²) in [5.41, 5.74) is 1.92. The van der Waals surface area contributed by atoms with Crippen LogP contribution in [0.5, 0.6) is 5.75 Å². The molecule has 1 aromatic carbocycles. The van der Waals surface area contributed by atoms with Crippen LogP contribution in [0.15, 0.2) is 36.4 Å². The van der Waals surface area contributed by atoms with E-state index in [0.717, 1.165) is 48.8 Å². The summed E-state index contributed by atoms with van der Waals surface area (Å²) < 4.78 is 5.45. The van der Waals surface area contributed by atoms with Crippen LogP contribution in [0.25, 0.3) is 11.3 Å². The zero-order chi connectivity index (χ0) is 15.2. The molecule has 1 saturated heterocycles. The zero-order valence-electron chi connectivity index (χ0n) is 12.9. The summed E-state index contributed by atoms with van der Waals surface area (Å²) in [7, 11) is 0. The second-order valence-corrected chi connectivity index (χ2v) is 5.43. The van der Waals surface area contributed by atoms with Crippen molar-refractivity contribution in [1.29, 1.82) is 0 Å². The lowest BCUT2D eigenvalue weighted by Crippen LogP contribution is -2.35. The summed E-state index contributed by atoms with van der Waals surface area (Å²) in [6.45, 7) is 4.79. The largest absolute Gasteiger partial charge is 0.494 e. The number of ether oxygens (including phenoxy) is 1. The lowest BCUT2D eigenvalue weighted by Gasteiger charge is -2.23. The van der Waals surface area contributed by atoms with E-state index in [4.69, 9.17) is 4.74 Å². The molecule has 2 N–H and O–H groups in total. The summed E-state index contributed by atoms with van der Waals surface area (Å²) in [6.07, 6.45) is 2.25. The highest BCUT2D eigenvalue weighted by molar-refractivity contribution is 5.60. The lowest BCUT2D eigenvalue weighted by atomic mass is 10.1. The third-order valence-corrected chi connectivity index (χ3v) is 3.82. The molecule has 0 spiro atoms. The molecule has 1 aliphatic rings. The van der Waals surface area contributed by atoms with Gasteiger partial charge in [0.1, 0.15) is 11.6 Å². The maximum Gasteiger partial charge on any atom is 0.148 e. The highest BCUT2D eigenvalue weighted by atomic mass is 16.5. The molecule has 3 rings (SSSR count). The fourth-order valence-electron chi connectivity index (χ4n) is 2.63. The minimum atomic E-state index is 0.492. The Balaban J connectivity index is 1.65. The Hall–Kier alpha value is -2.14. The van der Waals surface area contributed by atoms with Crippen molar-refractivity contribution < 1.29 is 4.74 Å². The SMILES string of the molecule is CCOc1ccc(-c2ccc(NC3CCNCC3)nn2)cc1. The van der Waals surface area contributed by atoms with Crippen LogP contribution in [0, 0.1) is 0 Å². The van der Waals surface area contributed by atoms with Gasteiger partial charge in [0.25, 0.3) is 0 Å². The Kier molecular flexibility index (Phi) is 4.85. The van der Waals surface area contributed by atoms with Gasteiger partial charge >= 0.3 is 0 Å². The van der Waals surface area contributed by atoms with Crippen LogP contribution in [-0.4, -0.2) is 35.9 Å². The Morgan fingerprint density at radius 1 is 1.09 bits per heavy atom. The van der Waals surface area contributed by atoms with Gasteiger partial charge in [0, 0.05) is 11.6 Å². The summed E-state index contributed by atoms with van der Waals surface area (Å²) in [5.74, 6) is 1.73. The average Bonchev–Trinajstić information content (AvgIpc) is 2.58. The molecule has 5 heteroatoms. The van der Waals surface area contributed by atoms with Crippen LogP contribution >= 0.6 is 0 Å². The highest BCUT2D eigenvalue weighted by Crippen LogP contribution is 2.21. The van der Waals surface area contributed by atoms with Crippen molar-refractivity contribution in [3.8, 4) is 17.0 Å². The van der Waals surface area contributed by atoms with E-state index in [-0.39, 0.29) is 0 Å². The summed E-state index contributed by atoms with van der Waals surface area (Å²) in [5, 5.41) is 15.4. The third kappa shape index (κ3) is 3.74. The van der Waals surface area contributed by atoms with Crippen LogP contribution < -0.4 is 15.4 Å². The lowest BCUT2D eigenvalue weighted by molar-refractivity contribution is 0.340. The summed E-state index contributed by atoms with van der Waals surface area (Å²) >= 11 is 0. The Labute approximate surface area is 131 Å². The molecule has 0 saturated carbocycles. The fourth-order valence-corrected chi connectivity index (χ4v) is 2.63. The van der Waals surface area contributed by atoms with Crippen LogP contribution in [0.1, 0.15) is 19.8 Å². The van der Waals surface area contributed by atoms with E-state index >= 15 is 0 Å². The first-order valence-electron chi connectivity index (χ1n) is 7.89. The quantitative estimate of drug-likeness (QED) is 0.889. The first-order chi connectivity index (χ1) is 10.8. The number of hydrogen-bond acceptors (Lipinski definition) is 5. The van der Waals surface area contributed by atoms with Crippen molar-refractivity contribution in [1.82, 2.24) is 15.5 Å². The van der Waals surface area contributed by atoms with Crippen LogP contribution in [-0.2, 0) is 0 Å². The maximum atomic E-state index is 5.45. The minimum Gasteiger partial charge on any atom is -0.494 e. The van der Waals surface area contributed by atoms with Gasteiger partial charge < -0.3 is 15.4 Å². The van der Waals surface area contributed by atoms with E-state index in [1.165, 1.54) is 0 Å². The summed E-state index contributed by atoms with van der Waals surface area (Å²) in [4.78, 5) is 0. The molecule has 116 valence electrons. The van der Waals surface area contributed by atoms with E-state index in [2.05, 4.69) is 20.8 Å². The number of nitrogens with zero attached hydrogens (tertiary/aromatic N) is 2. The number of aromatic nitrogens is 2. The molecule has 22 heavy (non-hydrogen) atoms. The van der Waals surface area contributed by atoms with Crippen molar-refractivity contribution in [3.05, 3.63) is 36.4 Å². The van der Waals surface area contributed by atoms with Gasteiger partial charge in [0.05, 0.1) is 12.3 Å². The van der Waals surface area contributed by atoms with Crippen molar-refractivity contribution in [2.75, 3.05) is 25.0 Å². The van der Waals surface area contributed by atoms with Crippen molar-refractivity contribution in [2.45, 2.75) is 25.8 Å². The normalized spacial score (nSPS) is 15.5. The fraction of sp³-hybridized carbons (Fsp3) is 0.412. The van der Waals surface area contributed by atoms with Crippen molar-refractivity contribution in [2.24, 2.45) is 0 Å².